The number of rotatable bonds is 7. The van der Waals surface area contributed by atoms with Crippen molar-refractivity contribution >= 4 is 47.4 Å². The van der Waals surface area contributed by atoms with Crippen LogP contribution in [0.3, 0.4) is 0 Å². The lowest BCUT2D eigenvalue weighted by atomic mass is 9.98. The molecule has 0 radical (unpaired) electrons. The minimum absolute atomic E-state index is 0.122. The van der Waals surface area contributed by atoms with E-state index < -0.39 is 16.9 Å². The van der Waals surface area contributed by atoms with Gasteiger partial charge in [-0.05, 0) is 48.4 Å². The van der Waals surface area contributed by atoms with E-state index in [1.165, 1.54) is 22.5 Å². The van der Waals surface area contributed by atoms with Crippen LogP contribution in [0.5, 0.6) is 11.5 Å². The summed E-state index contributed by atoms with van der Waals surface area (Å²) in [6.45, 7) is 3.17. The number of benzene rings is 2. The van der Waals surface area contributed by atoms with Crippen molar-refractivity contribution in [2.24, 2.45) is 5.92 Å². The molecule has 0 aliphatic carbocycles. The number of hydrogen-bond acceptors (Lipinski definition) is 7. The number of carbonyl (C=O) groups excluding carboxylic acids is 3. The van der Waals surface area contributed by atoms with Gasteiger partial charge in [0.2, 0.25) is 12.3 Å². The van der Waals surface area contributed by atoms with E-state index in [1.54, 1.807) is 25.3 Å². The van der Waals surface area contributed by atoms with Gasteiger partial charge >= 0.3 is 0 Å². The van der Waals surface area contributed by atoms with Gasteiger partial charge < -0.3 is 25.3 Å². The Morgan fingerprint density at radius 3 is 2.78 bits per heavy atom. The lowest BCUT2D eigenvalue weighted by molar-refractivity contribution is -0.129. The largest absolute Gasteiger partial charge is 0.506 e. The summed E-state index contributed by atoms with van der Waals surface area (Å²) in [5.41, 5.74) is 0.913. The summed E-state index contributed by atoms with van der Waals surface area (Å²) >= 11 is 6.11. The summed E-state index contributed by atoms with van der Waals surface area (Å²) in [6, 6.07) is 9.40. The number of nitrogens with one attached hydrogen (secondary N) is 2. The Balaban J connectivity index is 0.00000176. The highest BCUT2D eigenvalue weighted by Crippen LogP contribution is 2.29. The zero-order valence-corrected chi connectivity index (χ0v) is 18.9. The minimum Gasteiger partial charge on any atom is -0.506 e. The summed E-state index contributed by atoms with van der Waals surface area (Å²) in [4.78, 5) is 32.2. The summed E-state index contributed by atoms with van der Waals surface area (Å²) < 4.78 is 19.8. The molecule has 1 saturated heterocycles. The zero-order valence-electron chi connectivity index (χ0n) is 17.4. The van der Waals surface area contributed by atoms with Crippen LogP contribution in [0.25, 0.3) is 0 Å². The van der Waals surface area contributed by atoms with Crippen LogP contribution in [0, 0.1) is 5.92 Å². The van der Waals surface area contributed by atoms with Gasteiger partial charge in [-0.15, -0.1) is 0 Å². The third kappa shape index (κ3) is 6.06. The molecule has 2 unspecified atom stereocenters. The van der Waals surface area contributed by atoms with Gasteiger partial charge in [0.1, 0.15) is 18.3 Å². The number of nitrogens with zero attached hydrogens (tertiary/aromatic N) is 1. The van der Waals surface area contributed by atoms with Gasteiger partial charge in [-0.2, -0.15) is 0 Å². The Labute approximate surface area is 193 Å². The van der Waals surface area contributed by atoms with Crippen molar-refractivity contribution in [2.75, 3.05) is 32.1 Å². The molecule has 2 atom stereocenters. The molecule has 9 nitrogen and oxygen atoms in total. The van der Waals surface area contributed by atoms with E-state index in [1.807, 2.05) is 6.79 Å². The number of amides is 2. The normalized spacial score (nSPS) is 16.9. The Hall–Kier alpha value is -2.95. The van der Waals surface area contributed by atoms with Gasteiger partial charge in [0.15, 0.2) is 11.0 Å². The van der Waals surface area contributed by atoms with Crippen molar-refractivity contribution in [3.05, 3.63) is 47.0 Å². The van der Waals surface area contributed by atoms with Crippen LogP contribution in [0.15, 0.2) is 41.3 Å². The molecule has 2 amide bonds. The molecule has 0 saturated carbocycles. The number of methoxy groups -OCH3 is 1. The average Bonchev–Trinajstić information content (AvgIpc) is 2.98. The van der Waals surface area contributed by atoms with Crippen LogP contribution in [0.2, 0.25) is 5.02 Å². The fourth-order valence-electron chi connectivity index (χ4n) is 3.28. The van der Waals surface area contributed by atoms with E-state index in [9.17, 15) is 18.9 Å². The smallest absolute Gasteiger partial charge is 0.239 e. The summed E-state index contributed by atoms with van der Waals surface area (Å²) in [6.07, 6.45) is 0.786. The second kappa shape index (κ2) is 12.2. The number of hydrogen-bond donors (Lipinski definition) is 3. The zero-order chi connectivity index (χ0) is 23.7. The van der Waals surface area contributed by atoms with E-state index in [0.717, 1.165) is 5.56 Å². The maximum atomic E-state index is 13.2. The Morgan fingerprint density at radius 1 is 1.34 bits per heavy atom. The number of halogens is 1. The van der Waals surface area contributed by atoms with Crippen molar-refractivity contribution in [1.82, 2.24) is 9.62 Å². The van der Waals surface area contributed by atoms with Crippen molar-refractivity contribution in [1.29, 1.82) is 0 Å². The minimum atomic E-state index is -1.80. The third-order valence-corrected chi connectivity index (χ3v) is 6.43. The second-order valence-electron chi connectivity index (χ2n) is 6.69. The summed E-state index contributed by atoms with van der Waals surface area (Å²) in [5.74, 6) is -0.253. The predicted octanol–water partition coefficient (Wildman–Crippen LogP) is 1.75. The molecule has 32 heavy (non-hydrogen) atoms. The molecule has 2 aromatic rings. The topological polar surface area (TPSA) is 125 Å². The molecule has 1 fully saturated rings. The van der Waals surface area contributed by atoms with Crippen molar-refractivity contribution < 1.29 is 28.4 Å². The van der Waals surface area contributed by atoms with Crippen LogP contribution in [0.1, 0.15) is 5.56 Å². The lowest BCUT2D eigenvalue weighted by Crippen LogP contribution is -2.38. The molecule has 3 N–H and O–H groups in total. The monoisotopic (exact) mass is 481 g/mol. The number of ether oxygens (including phenoxy) is 1. The van der Waals surface area contributed by atoms with E-state index in [2.05, 4.69) is 10.6 Å². The Kier molecular flexibility index (Phi) is 9.63. The molecule has 0 bridgehead atoms. The SMILES string of the molecule is C=O.COc1ccc(Cl)cc1CC1CNCCN(S(=O)c2ccc(O)c(NC=O)c2)C1=O. The highest BCUT2D eigenvalue weighted by Gasteiger charge is 2.32. The third-order valence-electron chi connectivity index (χ3n) is 4.77. The second-order valence-corrected chi connectivity index (χ2v) is 8.54. The highest BCUT2D eigenvalue weighted by atomic mass is 35.5. The van der Waals surface area contributed by atoms with E-state index in [4.69, 9.17) is 21.1 Å². The fraction of sp³-hybridized carbons (Fsp3) is 0.286. The van der Waals surface area contributed by atoms with Crippen LogP contribution < -0.4 is 15.4 Å². The van der Waals surface area contributed by atoms with Gasteiger partial charge in [0.05, 0.1) is 23.6 Å². The van der Waals surface area contributed by atoms with Crippen molar-refractivity contribution in [3.8, 4) is 11.5 Å². The molecule has 0 aromatic heterocycles. The summed E-state index contributed by atoms with van der Waals surface area (Å²) in [5, 5.41) is 15.9. The lowest BCUT2D eigenvalue weighted by Gasteiger charge is -2.23. The first-order valence-electron chi connectivity index (χ1n) is 9.53. The van der Waals surface area contributed by atoms with Crippen molar-refractivity contribution in [2.45, 2.75) is 11.3 Å². The maximum absolute atomic E-state index is 13.2. The van der Waals surface area contributed by atoms with Crippen molar-refractivity contribution in [3.63, 3.8) is 0 Å². The number of phenolic OH excluding ortho intramolecular Hbond substituents is 1. The number of anilines is 1. The van der Waals surface area contributed by atoms with E-state index >= 15 is 0 Å². The molecule has 1 aliphatic rings. The first-order valence-corrected chi connectivity index (χ1v) is 11.0. The van der Waals surface area contributed by atoms with Gasteiger partial charge in [-0.3, -0.25) is 13.9 Å². The first-order chi connectivity index (χ1) is 15.4. The molecule has 1 aliphatic heterocycles. The number of aromatic hydroxyl groups is 1. The van der Waals surface area contributed by atoms with Crippen LogP contribution in [0.4, 0.5) is 5.69 Å². The van der Waals surface area contributed by atoms with Gasteiger partial charge in [-0.25, -0.2) is 4.21 Å². The highest BCUT2D eigenvalue weighted by molar-refractivity contribution is 7.83. The number of phenols is 1. The van der Waals surface area contributed by atoms with Gasteiger partial charge in [0.25, 0.3) is 0 Å². The molecule has 3 rings (SSSR count). The molecule has 11 heteroatoms. The molecular weight excluding hydrogens is 458 g/mol. The van der Waals surface area contributed by atoms with E-state index in [-0.39, 0.29) is 23.9 Å². The van der Waals surface area contributed by atoms with Crippen LogP contribution in [-0.4, -0.2) is 59.5 Å². The Morgan fingerprint density at radius 2 is 2.09 bits per heavy atom. The number of carbonyl (C=O) groups is 3. The fourth-order valence-corrected chi connectivity index (χ4v) is 4.71. The van der Waals surface area contributed by atoms with E-state index in [0.29, 0.717) is 41.6 Å². The average molecular weight is 482 g/mol. The van der Waals surface area contributed by atoms with Crippen LogP contribution >= 0.6 is 11.6 Å². The maximum Gasteiger partial charge on any atom is 0.239 e. The Bertz CT molecular complexity index is 990. The van der Waals surface area contributed by atoms with Gasteiger partial charge in [-0.1, -0.05) is 11.6 Å². The molecule has 1 heterocycles. The van der Waals surface area contributed by atoms with Crippen LogP contribution in [-0.2, 0) is 31.8 Å². The summed E-state index contributed by atoms with van der Waals surface area (Å²) in [7, 11) is -0.251. The molecule has 0 spiro atoms. The molecule has 172 valence electrons. The predicted molar refractivity (Wildman–Crippen MR) is 121 cm³/mol. The first kappa shape index (κ1) is 25.3. The molecule has 2 aromatic carbocycles. The standard InChI is InChI=1S/C20H22ClN3O5S.CH2O/c1-29-19-5-2-15(21)9-13(19)8-14-11-22-6-7-24(20(14)27)30(28)16-3-4-18(26)17(10-16)23-12-25;1-2/h2-5,9-10,12,14,22,26H,6-8,11H2,1H3,(H,23,25);1H2. The molecular formula is C21H24ClN3O6S. The quantitative estimate of drug-likeness (QED) is 0.406. The van der Waals surface area contributed by atoms with Gasteiger partial charge in [0, 0.05) is 24.7 Å².